The van der Waals surface area contributed by atoms with Gasteiger partial charge in [-0.15, -0.1) is 6.42 Å². The van der Waals surface area contributed by atoms with E-state index in [0.29, 0.717) is 5.92 Å². The van der Waals surface area contributed by atoms with Crippen molar-refractivity contribution in [3.05, 3.63) is 65.7 Å². The zero-order valence-corrected chi connectivity index (χ0v) is 11.0. The molecule has 0 heterocycles. The van der Waals surface area contributed by atoms with Crippen LogP contribution in [0.25, 0.3) is 0 Å². The first-order valence-electron chi connectivity index (χ1n) is 6.70. The SMILES string of the molecule is C#Cc1cccc(NC(=O)C2CC2c2ccccc2)c1. The van der Waals surface area contributed by atoms with Crippen LogP contribution in [0.2, 0.25) is 0 Å². The highest BCUT2D eigenvalue weighted by atomic mass is 16.2. The van der Waals surface area contributed by atoms with Crippen molar-refractivity contribution in [1.29, 1.82) is 0 Å². The molecule has 1 aliphatic carbocycles. The second kappa shape index (κ2) is 5.22. The largest absolute Gasteiger partial charge is 0.326 e. The summed E-state index contributed by atoms with van der Waals surface area (Å²) in [4.78, 5) is 12.2. The van der Waals surface area contributed by atoms with Gasteiger partial charge in [0.2, 0.25) is 5.91 Å². The Bertz CT molecular complexity index is 669. The average molecular weight is 261 g/mol. The molecule has 2 nitrogen and oxygen atoms in total. The zero-order valence-electron chi connectivity index (χ0n) is 11.0. The van der Waals surface area contributed by atoms with E-state index in [0.717, 1.165) is 17.7 Å². The Morgan fingerprint density at radius 3 is 2.70 bits per heavy atom. The van der Waals surface area contributed by atoms with Gasteiger partial charge in [-0.05, 0) is 36.1 Å². The highest BCUT2D eigenvalue weighted by molar-refractivity contribution is 5.95. The van der Waals surface area contributed by atoms with Gasteiger partial charge in [0.05, 0.1) is 0 Å². The van der Waals surface area contributed by atoms with Crippen LogP contribution in [0, 0.1) is 18.3 Å². The van der Waals surface area contributed by atoms with Crippen molar-refractivity contribution in [3.8, 4) is 12.3 Å². The topological polar surface area (TPSA) is 29.1 Å². The molecule has 0 aromatic heterocycles. The molecule has 1 N–H and O–H groups in total. The predicted octanol–water partition coefficient (Wildman–Crippen LogP) is 3.41. The minimum absolute atomic E-state index is 0.0758. The van der Waals surface area contributed by atoms with Crippen molar-refractivity contribution in [2.45, 2.75) is 12.3 Å². The quantitative estimate of drug-likeness (QED) is 0.843. The number of hydrogen-bond acceptors (Lipinski definition) is 1. The van der Waals surface area contributed by atoms with Crippen molar-refractivity contribution < 1.29 is 4.79 Å². The standard InChI is InChI=1S/C18H15NO/c1-2-13-7-6-10-15(11-13)19-18(20)17-12-16(17)14-8-4-3-5-9-14/h1,3-11,16-17H,12H2,(H,19,20). The van der Waals surface area contributed by atoms with Crippen LogP contribution in [0.1, 0.15) is 23.5 Å². The lowest BCUT2D eigenvalue weighted by Crippen LogP contribution is -2.14. The van der Waals surface area contributed by atoms with Gasteiger partial charge >= 0.3 is 0 Å². The monoisotopic (exact) mass is 261 g/mol. The Morgan fingerprint density at radius 1 is 1.15 bits per heavy atom. The minimum Gasteiger partial charge on any atom is -0.326 e. The van der Waals surface area contributed by atoms with Gasteiger partial charge in [0.15, 0.2) is 0 Å². The summed E-state index contributed by atoms with van der Waals surface area (Å²) >= 11 is 0. The molecule has 0 saturated heterocycles. The maximum Gasteiger partial charge on any atom is 0.228 e. The van der Waals surface area contributed by atoms with Crippen LogP contribution < -0.4 is 5.32 Å². The number of carbonyl (C=O) groups excluding carboxylic acids is 1. The Labute approximate surface area is 118 Å². The maximum absolute atomic E-state index is 12.2. The van der Waals surface area contributed by atoms with E-state index >= 15 is 0 Å². The number of nitrogens with one attached hydrogen (secondary N) is 1. The molecule has 20 heavy (non-hydrogen) atoms. The van der Waals surface area contributed by atoms with Gasteiger partial charge in [-0.3, -0.25) is 4.79 Å². The first-order chi connectivity index (χ1) is 9.78. The van der Waals surface area contributed by atoms with Crippen molar-refractivity contribution in [2.75, 3.05) is 5.32 Å². The van der Waals surface area contributed by atoms with Crippen molar-refractivity contribution >= 4 is 11.6 Å². The van der Waals surface area contributed by atoms with Crippen molar-refractivity contribution in [3.63, 3.8) is 0 Å². The van der Waals surface area contributed by atoms with Crippen LogP contribution in [-0.4, -0.2) is 5.91 Å². The van der Waals surface area contributed by atoms with Crippen LogP contribution in [0.5, 0.6) is 0 Å². The Morgan fingerprint density at radius 2 is 1.95 bits per heavy atom. The summed E-state index contributed by atoms with van der Waals surface area (Å²) in [5, 5.41) is 2.94. The molecular formula is C18H15NO. The summed E-state index contributed by atoms with van der Waals surface area (Å²) in [5.74, 6) is 3.08. The number of anilines is 1. The van der Waals surface area contributed by atoms with Gasteiger partial charge in [0.1, 0.15) is 0 Å². The second-order valence-electron chi connectivity index (χ2n) is 5.07. The predicted molar refractivity (Wildman–Crippen MR) is 80.3 cm³/mol. The van der Waals surface area contributed by atoms with Gasteiger partial charge in [-0.1, -0.05) is 42.3 Å². The molecule has 3 rings (SSSR count). The van der Waals surface area contributed by atoms with Crippen LogP contribution in [-0.2, 0) is 4.79 Å². The Balaban J connectivity index is 1.65. The smallest absolute Gasteiger partial charge is 0.228 e. The molecule has 0 radical (unpaired) electrons. The van der Waals surface area contributed by atoms with Crippen LogP contribution in [0.3, 0.4) is 0 Å². The molecule has 2 aromatic carbocycles. The van der Waals surface area contributed by atoms with E-state index in [2.05, 4.69) is 23.4 Å². The highest BCUT2D eigenvalue weighted by Gasteiger charge is 2.43. The zero-order chi connectivity index (χ0) is 13.9. The molecule has 2 unspecified atom stereocenters. The third-order valence-electron chi connectivity index (χ3n) is 3.65. The van der Waals surface area contributed by atoms with Crippen molar-refractivity contribution in [1.82, 2.24) is 0 Å². The molecule has 1 amide bonds. The minimum atomic E-state index is 0.0758. The third-order valence-corrected chi connectivity index (χ3v) is 3.65. The summed E-state index contributed by atoms with van der Waals surface area (Å²) in [5.41, 5.74) is 2.78. The molecule has 98 valence electrons. The maximum atomic E-state index is 12.2. The highest BCUT2D eigenvalue weighted by Crippen LogP contribution is 2.47. The van der Waals surface area contributed by atoms with Crippen LogP contribution in [0.15, 0.2) is 54.6 Å². The Hall–Kier alpha value is -2.53. The first-order valence-corrected chi connectivity index (χ1v) is 6.70. The number of terminal acetylenes is 1. The normalized spacial score (nSPS) is 19.9. The number of hydrogen-bond donors (Lipinski definition) is 1. The fourth-order valence-electron chi connectivity index (χ4n) is 2.48. The summed E-state index contributed by atoms with van der Waals surface area (Å²) in [7, 11) is 0. The molecule has 2 aromatic rings. The molecule has 0 bridgehead atoms. The summed E-state index contributed by atoms with van der Waals surface area (Å²) < 4.78 is 0. The van der Waals surface area contributed by atoms with E-state index in [9.17, 15) is 4.79 Å². The van der Waals surface area contributed by atoms with Gasteiger partial charge in [-0.2, -0.15) is 0 Å². The number of benzene rings is 2. The molecule has 1 saturated carbocycles. The van der Waals surface area contributed by atoms with Gasteiger partial charge in [0.25, 0.3) is 0 Å². The van der Waals surface area contributed by atoms with E-state index < -0.39 is 0 Å². The lowest BCUT2D eigenvalue weighted by Gasteiger charge is -2.05. The lowest BCUT2D eigenvalue weighted by molar-refractivity contribution is -0.117. The molecule has 2 atom stereocenters. The molecule has 1 fully saturated rings. The first kappa shape index (κ1) is 12.5. The summed E-state index contributed by atoms with van der Waals surface area (Å²) in [6.45, 7) is 0. The second-order valence-corrected chi connectivity index (χ2v) is 5.07. The summed E-state index contributed by atoms with van der Waals surface area (Å²) in [6.07, 6.45) is 6.28. The molecule has 0 aliphatic heterocycles. The van der Waals surface area contributed by atoms with E-state index in [1.54, 1.807) is 0 Å². The lowest BCUT2D eigenvalue weighted by atomic mass is 10.1. The Kier molecular flexibility index (Phi) is 3.26. The number of amides is 1. The number of rotatable bonds is 3. The fraction of sp³-hybridized carbons (Fsp3) is 0.167. The van der Waals surface area contributed by atoms with Crippen LogP contribution in [0.4, 0.5) is 5.69 Å². The molecule has 1 aliphatic rings. The van der Waals surface area contributed by atoms with Gasteiger partial charge < -0.3 is 5.32 Å². The van der Waals surface area contributed by atoms with Gasteiger partial charge in [0, 0.05) is 17.2 Å². The van der Waals surface area contributed by atoms with Gasteiger partial charge in [-0.25, -0.2) is 0 Å². The number of carbonyl (C=O) groups is 1. The molecule has 2 heteroatoms. The fourth-order valence-corrected chi connectivity index (χ4v) is 2.48. The van der Waals surface area contributed by atoms with E-state index in [4.69, 9.17) is 6.42 Å². The average Bonchev–Trinajstić information content (AvgIpc) is 3.29. The molecule has 0 spiro atoms. The van der Waals surface area contributed by atoms with E-state index in [-0.39, 0.29) is 11.8 Å². The van der Waals surface area contributed by atoms with Crippen molar-refractivity contribution in [2.24, 2.45) is 5.92 Å². The third kappa shape index (κ3) is 2.57. The summed E-state index contributed by atoms with van der Waals surface area (Å²) in [6, 6.07) is 17.6. The van der Waals surface area contributed by atoms with Crippen LogP contribution >= 0.6 is 0 Å². The van der Waals surface area contributed by atoms with E-state index in [1.165, 1.54) is 5.56 Å². The van der Waals surface area contributed by atoms with E-state index in [1.807, 2.05) is 42.5 Å². The molecular weight excluding hydrogens is 246 g/mol.